The van der Waals surface area contributed by atoms with Crippen molar-refractivity contribution in [1.29, 1.82) is 0 Å². The van der Waals surface area contributed by atoms with E-state index in [1.54, 1.807) is 6.92 Å². The molecule has 0 saturated heterocycles. The van der Waals surface area contributed by atoms with Gasteiger partial charge in [0.05, 0.1) is 11.1 Å². The van der Waals surface area contributed by atoms with Crippen molar-refractivity contribution in [3.05, 3.63) is 29.3 Å². The van der Waals surface area contributed by atoms with E-state index in [0.29, 0.717) is 5.69 Å². The second-order valence-electron chi connectivity index (χ2n) is 4.38. The van der Waals surface area contributed by atoms with Crippen molar-refractivity contribution < 1.29 is 24.3 Å². The molecule has 3 N–H and O–H groups in total. The normalized spacial score (nSPS) is 12.6. The summed E-state index contributed by atoms with van der Waals surface area (Å²) in [6, 6.07) is 3.69. The summed E-state index contributed by atoms with van der Waals surface area (Å²) in [7, 11) is 0. The van der Waals surface area contributed by atoms with Crippen molar-refractivity contribution in [2.75, 3.05) is 18.4 Å². The number of urea groups is 1. The fourth-order valence-corrected chi connectivity index (χ4v) is 1.94. The molecule has 1 aromatic rings. The number of nitrogens with zero attached hydrogens (tertiary/aromatic N) is 1. The average molecular weight is 291 g/mol. The largest absolute Gasteiger partial charge is 0.480 e. The number of amides is 4. The number of carbonyl (C=O) groups is 4. The van der Waals surface area contributed by atoms with Gasteiger partial charge >= 0.3 is 12.0 Å². The van der Waals surface area contributed by atoms with E-state index in [0.717, 1.165) is 4.90 Å². The number of carboxylic acid groups (broad SMARTS) is 1. The van der Waals surface area contributed by atoms with Crippen LogP contribution in [0.15, 0.2) is 18.2 Å². The van der Waals surface area contributed by atoms with Gasteiger partial charge in [-0.2, -0.15) is 0 Å². The van der Waals surface area contributed by atoms with E-state index in [1.165, 1.54) is 18.2 Å². The third kappa shape index (κ3) is 2.99. The standard InChI is InChI=1S/C13H13N3O5/c1-2-16(6-10(17)18)13(21)14-7-3-4-8-9(5-7)12(20)15-11(8)19/h3-5H,2,6H2,1H3,(H,14,21)(H,17,18)(H,15,19,20). The van der Waals surface area contributed by atoms with Gasteiger partial charge in [0.15, 0.2) is 0 Å². The van der Waals surface area contributed by atoms with Crippen LogP contribution in [0.25, 0.3) is 0 Å². The summed E-state index contributed by atoms with van der Waals surface area (Å²) >= 11 is 0. The molecule has 8 nitrogen and oxygen atoms in total. The summed E-state index contributed by atoms with van der Waals surface area (Å²) in [6.07, 6.45) is 0. The molecule has 2 rings (SSSR count). The molecule has 0 saturated carbocycles. The quantitative estimate of drug-likeness (QED) is 0.699. The van der Waals surface area contributed by atoms with E-state index in [4.69, 9.17) is 5.11 Å². The number of carboxylic acids is 1. The third-order valence-electron chi connectivity index (χ3n) is 2.98. The van der Waals surface area contributed by atoms with E-state index in [1.807, 2.05) is 0 Å². The molecule has 110 valence electrons. The number of anilines is 1. The van der Waals surface area contributed by atoms with Crippen molar-refractivity contribution in [3.8, 4) is 0 Å². The van der Waals surface area contributed by atoms with Crippen molar-refractivity contribution in [1.82, 2.24) is 10.2 Å². The topological polar surface area (TPSA) is 116 Å². The van der Waals surface area contributed by atoms with Crippen LogP contribution < -0.4 is 10.6 Å². The van der Waals surface area contributed by atoms with Crippen LogP contribution in [0.3, 0.4) is 0 Å². The van der Waals surface area contributed by atoms with E-state index in [2.05, 4.69) is 10.6 Å². The molecule has 0 spiro atoms. The Morgan fingerprint density at radius 2 is 1.90 bits per heavy atom. The maximum Gasteiger partial charge on any atom is 0.323 e. The summed E-state index contributed by atoms with van der Waals surface area (Å²) in [4.78, 5) is 46.6. The molecule has 4 amide bonds. The summed E-state index contributed by atoms with van der Waals surface area (Å²) in [5, 5.41) is 13.3. The number of fused-ring (bicyclic) bond motifs is 1. The summed E-state index contributed by atoms with van der Waals surface area (Å²) in [5.41, 5.74) is 0.738. The van der Waals surface area contributed by atoms with Crippen LogP contribution in [0, 0.1) is 0 Å². The summed E-state index contributed by atoms with van der Waals surface area (Å²) < 4.78 is 0. The van der Waals surface area contributed by atoms with Gasteiger partial charge in [-0.25, -0.2) is 4.79 Å². The van der Waals surface area contributed by atoms with Crippen LogP contribution in [0.4, 0.5) is 10.5 Å². The second kappa shape index (κ2) is 5.61. The first-order valence-electron chi connectivity index (χ1n) is 6.19. The number of hydrogen-bond donors (Lipinski definition) is 3. The molecule has 0 fully saturated rings. The van der Waals surface area contributed by atoms with Crippen molar-refractivity contribution >= 4 is 29.5 Å². The van der Waals surface area contributed by atoms with Gasteiger partial charge in [-0.3, -0.25) is 19.7 Å². The van der Waals surface area contributed by atoms with Gasteiger partial charge in [-0.15, -0.1) is 0 Å². The molecule has 0 radical (unpaired) electrons. The highest BCUT2D eigenvalue weighted by molar-refractivity contribution is 6.22. The summed E-state index contributed by atoms with van der Waals surface area (Å²) in [6.45, 7) is 1.45. The van der Waals surface area contributed by atoms with Gasteiger partial charge in [0, 0.05) is 12.2 Å². The molecule has 0 unspecified atom stereocenters. The lowest BCUT2D eigenvalue weighted by atomic mass is 10.1. The molecule has 1 aliphatic heterocycles. The second-order valence-corrected chi connectivity index (χ2v) is 4.38. The minimum Gasteiger partial charge on any atom is -0.480 e. The zero-order chi connectivity index (χ0) is 15.6. The number of benzene rings is 1. The van der Waals surface area contributed by atoms with Crippen LogP contribution >= 0.6 is 0 Å². The fourth-order valence-electron chi connectivity index (χ4n) is 1.94. The molecule has 21 heavy (non-hydrogen) atoms. The van der Waals surface area contributed by atoms with Gasteiger partial charge in [-0.1, -0.05) is 0 Å². The van der Waals surface area contributed by atoms with Gasteiger partial charge in [-0.05, 0) is 25.1 Å². The van der Waals surface area contributed by atoms with Crippen LogP contribution in [0.1, 0.15) is 27.6 Å². The Bertz CT molecular complexity index is 641. The molecule has 8 heteroatoms. The van der Waals surface area contributed by atoms with Gasteiger partial charge in [0.1, 0.15) is 6.54 Å². The maximum absolute atomic E-state index is 11.9. The molecular weight excluding hydrogens is 278 g/mol. The van der Waals surface area contributed by atoms with Crippen LogP contribution in [0.5, 0.6) is 0 Å². The molecule has 1 aromatic carbocycles. The Kier molecular flexibility index (Phi) is 3.88. The first-order valence-corrected chi connectivity index (χ1v) is 6.19. The Morgan fingerprint density at radius 1 is 1.24 bits per heavy atom. The third-order valence-corrected chi connectivity index (χ3v) is 2.98. The van der Waals surface area contributed by atoms with Crippen molar-refractivity contribution in [3.63, 3.8) is 0 Å². The first kappa shape index (κ1) is 14.5. The van der Waals surface area contributed by atoms with E-state index in [9.17, 15) is 19.2 Å². The lowest BCUT2D eigenvalue weighted by Gasteiger charge is -2.19. The Labute approximate surface area is 119 Å². The van der Waals surface area contributed by atoms with Crippen molar-refractivity contribution in [2.24, 2.45) is 0 Å². The maximum atomic E-state index is 11.9. The van der Waals surface area contributed by atoms with E-state index in [-0.39, 0.29) is 17.7 Å². The van der Waals surface area contributed by atoms with Crippen LogP contribution in [-0.4, -0.2) is 46.9 Å². The smallest absolute Gasteiger partial charge is 0.323 e. The van der Waals surface area contributed by atoms with Gasteiger partial charge in [0.25, 0.3) is 11.8 Å². The van der Waals surface area contributed by atoms with Gasteiger partial charge in [0.2, 0.25) is 0 Å². The number of imide groups is 1. The number of nitrogens with one attached hydrogen (secondary N) is 2. The Hall–Kier alpha value is -2.90. The molecule has 1 heterocycles. The minimum absolute atomic E-state index is 0.180. The monoisotopic (exact) mass is 291 g/mol. The lowest BCUT2D eigenvalue weighted by molar-refractivity contribution is -0.137. The number of likely N-dealkylation sites (N-methyl/N-ethyl adjacent to an activating group) is 1. The van der Waals surface area contributed by atoms with Gasteiger partial charge < -0.3 is 15.3 Å². The highest BCUT2D eigenvalue weighted by Crippen LogP contribution is 2.20. The zero-order valence-electron chi connectivity index (χ0n) is 11.2. The van der Waals surface area contributed by atoms with E-state index >= 15 is 0 Å². The van der Waals surface area contributed by atoms with E-state index < -0.39 is 30.4 Å². The molecular formula is C13H13N3O5. The van der Waals surface area contributed by atoms with Crippen LogP contribution in [0.2, 0.25) is 0 Å². The SMILES string of the molecule is CCN(CC(=O)O)C(=O)Nc1ccc2c(c1)C(=O)NC2=O. The number of aliphatic carboxylic acids is 1. The molecule has 0 atom stereocenters. The zero-order valence-corrected chi connectivity index (χ0v) is 11.2. The van der Waals surface area contributed by atoms with Crippen molar-refractivity contribution in [2.45, 2.75) is 6.92 Å². The number of rotatable bonds is 4. The molecule has 0 aliphatic carbocycles. The highest BCUT2D eigenvalue weighted by Gasteiger charge is 2.27. The average Bonchev–Trinajstić information content (AvgIpc) is 2.70. The minimum atomic E-state index is -1.12. The molecule has 0 bridgehead atoms. The Balaban J connectivity index is 2.15. The molecule has 0 aromatic heterocycles. The molecule has 1 aliphatic rings. The number of carbonyl (C=O) groups excluding carboxylic acids is 3. The predicted molar refractivity (Wildman–Crippen MR) is 72.1 cm³/mol. The summed E-state index contributed by atoms with van der Waals surface area (Å²) in [5.74, 6) is -2.12. The van der Waals surface area contributed by atoms with Crippen LogP contribution in [-0.2, 0) is 4.79 Å². The predicted octanol–water partition coefficient (Wildman–Crippen LogP) is 0.509. The fraction of sp³-hybridized carbons (Fsp3) is 0.231. The number of hydrogen-bond acceptors (Lipinski definition) is 4. The Morgan fingerprint density at radius 3 is 2.52 bits per heavy atom. The lowest BCUT2D eigenvalue weighted by Crippen LogP contribution is -2.38. The highest BCUT2D eigenvalue weighted by atomic mass is 16.4. The first-order chi connectivity index (χ1) is 9.92.